The van der Waals surface area contributed by atoms with Crippen molar-refractivity contribution in [3.05, 3.63) is 70.8 Å². The zero-order chi connectivity index (χ0) is 26.6. The third-order valence-electron chi connectivity index (χ3n) is 6.69. The molecule has 0 fully saturated rings. The summed E-state index contributed by atoms with van der Waals surface area (Å²) in [5, 5.41) is 0. The van der Waals surface area contributed by atoms with E-state index in [1.165, 1.54) is 23.8 Å². The highest BCUT2D eigenvalue weighted by molar-refractivity contribution is 5.82. The second-order valence-electron chi connectivity index (χ2n) is 9.94. The van der Waals surface area contributed by atoms with Crippen molar-refractivity contribution in [2.45, 2.75) is 99.8 Å². The summed E-state index contributed by atoms with van der Waals surface area (Å²) in [5.74, 6) is 6.44. The largest absolute Gasteiger partial charge is 0.468 e. The van der Waals surface area contributed by atoms with Gasteiger partial charge in [-0.05, 0) is 57.7 Å². The van der Waals surface area contributed by atoms with E-state index in [1.54, 1.807) is 0 Å². The Morgan fingerprint density at radius 1 is 0.824 bits per heavy atom. The molecule has 2 aromatic rings. The van der Waals surface area contributed by atoms with Crippen molar-refractivity contribution in [1.29, 1.82) is 0 Å². The van der Waals surface area contributed by atoms with Gasteiger partial charge in [-0.15, -0.1) is 5.92 Å². The van der Waals surface area contributed by atoms with E-state index in [1.807, 2.05) is 39.8 Å². The molecule has 0 radical (unpaired) electrons. The van der Waals surface area contributed by atoms with E-state index in [0.717, 1.165) is 18.4 Å². The van der Waals surface area contributed by atoms with Crippen LogP contribution in [0.3, 0.4) is 0 Å². The maximum Gasteiger partial charge on any atom is 0.315 e. The monoisotopic (exact) mass is 464 g/mol. The third-order valence-corrected chi connectivity index (χ3v) is 6.69. The van der Waals surface area contributed by atoms with Crippen molar-refractivity contribution in [3.63, 3.8) is 0 Å². The molecule has 0 spiro atoms. The van der Waals surface area contributed by atoms with Crippen LogP contribution in [0.2, 0.25) is 0 Å². The SMILES string of the molecule is CC.CCC#CC(C)(C)C(C)(C)c1ccc(C)cc1.CCc1ccc(C(C)(C)C(=O)OC)cc1. The highest BCUT2D eigenvalue weighted by atomic mass is 16.5. The molecule has 0 saturated carbocycles. The molecule has 0 amide bonds. The van der Waals surface area contributed by atoms with Gasteiger partial charge in [-0.2, -0.15) is 0 Å². The first-order valence-electron chi connectivity index (χ1n) is 12.6. The zero-order valence-electron chi connectivity index (χ0n) is 23.8. The lowest BCUT2D eigenvalue weighted by Gasteiger charge is -2.38. The van der Waals surface area contributed by atoms with Crippen molar-refractivity contribution < 1.29 is 9.53 Å². The van der Waals surface area contributed by atoms with Gasteiger partial charge in [-0.25, -0.2) is 0 Å². The van der Waals surface area contributed by atoms with Gasteiger partial charge in [0.05, 0.1) is 12.5 Å². The van der Waals surface area contributed by atoms with Gasteiger partial charge in [0.25, 0.3) is 0 Å². The average molecular weight is 465 g/mol. The predicted octanol–water partition coefficient (Wildman–Crippen LogP) is 8.44. The number of aryl methyl sites for hydroxylation is 2. The molecular weight excluding hydrogens is 416 g/mol. The van der Waals surface area contributed by atoms with Crippen LogP contribution >= 0.6 is 0 Å². The molecule has 0 heterocycles. The van der Waals surface area contributed by atoms with Gasteiger partial charge in [0.15, 0.2) is 0 Å². The summed E-state index contributed by atoms with van der Waals surface area (Å²) in [5.41, 5.74) is 4.41. The van der Waals surface area contributed by atoms with Crippen molar-refractivity contribution in [2.75, 3.05) is 7.11 Å². The van der Waals surface area contributed by atoms with Crippen molar-refractivity contribution in [1.82, 2.24) is 0 Å². The van der Waals surface area contributed by atoms with E-state index in [9.17, 15) is 4.79 Å². The molecule has 2 nitrogen and oxygen atoms in total. The normalized spacial score (nSPS) is 11.1. The van der Waals surface area contributed by atoms with Crippen molar-refractivity contribution >= 4 is 5.97 Å². The summed E-state index contributed by atoms with van der Waals surface area (Å²) in [6, 6.07) is 16.9. The van der Waals surface area contributed by atoms with Gasteiger partial charge in [-0.3, -0.25) is 4.79 Å². The lowest BCUT2D eigenvalue weighted by atomic mass is 9.64. The Hall–Kier alpha value is -2.53. The van der Waals surface area contributed by atoms with Crippen molar-refractivity contribution in [3.8, 4) is 11.8 Å². The summed E-state index contributed by atoms with van der Waals surface area (Å²) < 4.78 is 4.79. The van der Waals surface area contributed by atoms with Crippen LogP contribution in [-0.4, -0.2) is 13.1 Å². The van der Waals surface area contributed by atoms with E-state index in [-0.39, 0.29) is 16.8 Å². The van der Waals surface area contributed by atoms with E-state index in [0.29, 0.717) is 0 Å². The molecule has 2 rings (SSSR count). The summed E-state index contributed by atoms with van der Waals surface area (Å²) in [4.78, 5) is 11.6. The molecule has 0 aromatic heterocycles. The molecule has 0 aliphatic carbocycles. The van der Waals surface area contributed by atoms with Crippen LogP contribution < -0.4 is 0 Å². The Kier molecular flexibility index (Phi) is 13.0. The van der Waals surface area contributed by atoms with Gasteiger partial charge in [-0.1, -0.05) is 102 Å². The molecule has 0 bridgehead atoms. The minimum absolute atomic E-state index is 0.0156. The Bertz CT molecular complexity index is 918. The minimum Gasteiger partial charge on any atom is -0.468 e. The number of ether oxygens (including phenoxy) is 1. The fraction of sp³-hybridized carbons (Fsp3) is 0.531. The highest BCUT2D eigenvalue weighted by Gasteiger charge is 2.37. The third kappa shape index (κ3) is 8.35. The van der Waals surface area contributed by atoms with Crippen LogP contribution in [0.5, 0.6) is 0 Å². The standard InChI is InChI=1S/C17H24.C13H18O2.C2H6/c1-7-8-13-16(3,4)17(5,6)15-11-9-14(2)10-12-15;1-5-10-6-8-11(9-7-10)13(2,3)12(14)15-4;1-2/h9-12H,7H2,1-6H3;6-9H,5H2,1-4H3;1-2H3. The average Bonchev–Trinajstić information content (AvgIpc) is 2.84. The van der Waals surface area contributed by atoms with Gasteiger partial charge in [0, 0.05) is 17.3 Å². The summed E-state index contributed by atoms with van der Waals surface area (Å²) in [6.07, 6.45) is 1.94. The Morgan fingerprint density at radius 3 is 1.71 bits per heavy atom. The molecule has 188 valence electrons. The van der Waals surface area contributed by atoms with Gasteiger partial charge >= 0.3 is 5.97 Å². The lowest BCUT2D eigenvalue weighted by molar-refractivity contribution is -0.146. The topological polar surface area (TPSA) is 26.3 Å². The van der Waals surface area contributed by atoms with E-state index in [4.69, 9.17) is 4.74 Å². The number of rotatable bonds is 5. The van der Waals surface area contributed by atoms with Crippen LogP contribution in [0.15, 0.2) is 48.5 Å². The first-order chi connectivity index (χ1) is 15.8. The molecule has 34 heavy (non-hydrogen) atoms. The molecule has 2 heteroatoms. The van der Waals surface area contributed by atoms with Gasteiger partial charge < -0.3 is 4.74 Å². The van der Waals surface area contributed by atoms with Crippen LogP contribution in [0.25, 0.3) is 0 Å². The van der Waals surface area contributed by atoms with Crippen LogP contribution in [-0.2, 0) is 26.8 Å². The molecule has 0 atom stereocenters. The zero-order valence-corrected chi connectivity index (χ0v) is 23.8. The van der Waals surface area contributed by atoms with Gasteiger partial charge in [0.2, 0.25) is 0 Å². The van der Waals surface area contributed by atoms with Crippen LogP contribution in [0.1, 0.15) is 97.9 Å². The quantitative estimate of drug-likeness (QED) is 0.328. The van der Waals surface area contributed by atoms with Crippen molar-refractivity contribution in [2.24, 2.45) is 5.41 Å². The first kappa shape index (κ1) is 31.5. The molecule has 0 saturated heterocycles. The first-order valence-corrected chi connectivity index (χ1v) is 12.6. The maximum atomic E-state index is 11.6. The number of carbonyl (C=O) groups is 1. The Balaban J connectivity index is 0.000000601. The second kappa shape index (κ2) is 14.0. The number of hydrogen-bond acceptors (Lipinski definition) is 2. The highest BCUT2D eigenvalue weighted by Crippen LogP contribution is 2.40. The summed E-state index contributed by atoms with van der Waals surface area (Å²) in [7, 11) is 1.42. The fourth-order valence-electron chi connectivity index (χ4n) is 3.33. The van der Waals surface area contributed by atoms with E-state index < -0.39 is 5.41 Å². The fourth-order valence-corrected chi connectivity index (χ4v) is 3.33. The second-order valence-corrected chi connectivity index (χ2v) is 9.94. The number of carbonyl (C=O) groups excluding carboxylic acids is 1. The molecular formula is C32H48O2. The van der Waals surface area contributed by atoms with E-state index in [2.05, 4.69) is 96.7 Å². The maximum absolute atomic E-state index is 11.6. The smallest absolute Gasteiger partial charge is 0.315 e. The summed E-state index contributed by atoms with van der Waals surface area (Å²) >= 11 is 0. The molecule has 0 aliphatic heterocycles. The Labute approximate surface area is 210 Å². The number of methoxy groups -OCH3 is 1. The number of benzene rings is 2. The molecule has 0 unspecified atom stereocenters. The number of hydrogen-bond donors (Lipinski definition) is 0. The Morgan fingerprint density at radius 2 is 1.29 bits per heavy atom. The molecule has 2 aromatic carbocycles. The van der Waals surface area contributed by atoms with Crippen LogP contribution in [0.4, 0.5) is 0 Å². The molecule has 0 aliphatic rings. The predicted molar refractivity (Wildman–Crippen MR) is 148 cm³/mol. The van der Waals surface area contributed by atoms with Gasteiger partial charge in [0.1, 0.15) is 0 Å². The van der Waals surface area contributed by atoms with E-state index >= 15 is 0 Å². The summed E-state index contributed by atoms with van der Waals surface area (Å²) in [6.45, 7) is 23.1. The van der Waals surface area contributed by atoms with Crippen LogP contribution in [0, 0.1) is 24.2 Å². The lowest BCUT2D eigenvalue weighted by Crippen LogP contribution is -2.35. The molecule has 0 N–H and O–H groups in total. The number of esters is 1. The minimum atomic E-state index is -0.568.